The van der Waals surface area contributed by atoms with E-state index in [9.17, 15) is 4.79 Å². The molecule has 4 aromatic rings. The molecule has 1 N–H and O–H groups in total. The molecule has 6 heteroatoms. The van der Waals surface area contributed by atoms with E-state index in [-0.39, 0.29) is 12.4 Å². The van der Waals surface area contributed by atoms with Gasteiger partial charge in [0.15, 0.2) is 5.76 Å². The fraction of sp³-hybridized carbons (Fsp3) is 0.0435. The molecule has 0 saturated heterocycles. The number of hydrogen-bond acceptors (Lipinski definition) is 4. The maximum Gasteiger partial charge on any atom is 0.307 e. The molecule has 5 nitrogen and oxygen atoms in total. The zero-order valence-electron chi connectivity index (χ0n) is 15.2. The zero-order chi connectivity index (χ0) is 20.2. The highest BCUT2D eigenvalue weighted by molar-refractivity contribution is 9.10. The van der Waals surface area contributed by atoms with Crippen LogP contribution in [0.1, 0.15) is 16.1 Å². The number of nitrogens with zero attached hydrogens (tertiary/aromatic N) is 1. The van der Waals surface area contributed by atoms with Gasteiger partial charge in [-0.1, -0.05) is 36.3 Å². The molecule has 0 spiro atoms. The van der Waals surface area contributed by atoms with Crippen molar-refractivity contribution in [3.63, 3.8) is 0 Å². The molecule has 142 valence electrons. The first-order valence-corrected chi connectivity index (χ1v) is 9.55. The molecule has 0 aliphatic rings. The minimum Gasteiger partial charge on any atom is -0.480 e. The number of hydrazone groups is 1. The van der Waals surface area contributed by atoms with E-state index in [4.69, 9.17) is 15.6 Å². The van der Waals surface area contributed by atoms with Crippen molar-refractivity contribution < 1.29 is 13.9 Å². The van der Waals surface area contributed by atoms with Crippen molar-refractivity contribution in [2.24, 2.45) is 5.10 Å². The maximum absolute atomic E-state index is 12.4. The van der Waals surface area contributed by atoms with Gasteiger partial charge in [0.1, 0.15) is 17.9 Å². The summed E-state index contributed by atoms with van der Waals surface area (Å²) in [7, 11) is 0. The summed E-state index contributed by atoms with van der Waals surface area (Å²) >= 11 is 3.42. The highest BCUT2D eigenvalue weighted by Crippen LogP contribution is 2.28. The summed E-state index contributed by atoms with van der Waals surface area (Å²) in [6.45, 7) is 0.189. The number of fused-ring (bicyclic) bond motifs is 3. The number of ether oxygens (including phenoxy) is 1. The molecule has 1 amide bonds. The fourth-order valence-electron chi connectivity index (χ4n) is 2.96. The second-order valence-corrected chi connectivity index (χ2v) is 7.05. The van der Waals surface area contributed by atoms with Gasteiger partial charge in [-0.2, -0.15) is 5.10 Å². The second-order valence-electron chi connectivity index (χ2n) is 6.19. The van der Waals surface area contributed by atoms with Gasteiger partial charge in [0.05, 0.1) is 10.7 Å². The van der Waals surface area contributed by atoms with Crippen LogP contribution in [0.3, 0.4) is 0 Å². The normalized spacial score (nSPS) is 11.0. The Bertz CT molecular complexity index is 1280. The van der Waals surface area contributed by atoms with Gasteiger partial charge in [0.2, 0.25) is 0 Å². The second kappa shape index (κ2) is 8.21. The lowest BCUT2D eigenvalue weighted by Crippen LogP contribution is -2.16. The van der Waals surface area contributed by atoms with Crippen molar-refractivity contribution in [1.29, 1.82) is 0 Å². The molecule has 29 heavy (non-hydrogen) atoms. The lowest BCUT2D eigenvalue weighted by molar-refractivity contribution is 0.0929. The van der Waals surface area contributed by atoms with Crippen LogP contribution >= 0.6 is 15.9 Å². The summed E-state index contributed by atoms with van der Waals surface area (Å²) in [6.07, 6.45) is 6.72. The highest BCUT2D eigenvalue weighted by Gasteiger charge is 2.13. The van der Waals surface area contributed by atoms with E-state index in [1.807, 2.05) is 42.5 Å². The summed E-state index contributed by atoms with van der Waals surface area (Å²) in [6, 6.07) is 18.9. The van der Waals surface area contributed by atoms with E-state index < -0.39 is 5.91 Å². The molecule has 0 unspecified atom stereocenters. The predicted octanol–water partition coefficient (Wildman–Crippen LogP) is 5.12. The fourth-order valence-corrected chi connectivity index (χ4v) is 3.47. The Balaban J connectivity index is 1.49. The number of hydrogen-bond donors (Lipinski definition) is 1. The van der Waals surface area contributed by atoms with Gasteiger partial charge in [0.25, 0.3) is 0 Å². The Hall–Kier alpha value is -3.56. The molecule has 1 heterocycles. The van der Waals surface area contributed by atoms with Crippen molar-refractivity contribution in [2.75, 3.05) is 6.61 Å². The van der Waals surface area contributed by atoms with E-state index >= 15 is 0 Å². The highest BCUT2D eigenvalue weighted by atomic mass is 79.9. The average molecular weight is 447 g/mol. The minimum atomic E-state index is -0.422. The molecular formula is C23H15BrN2O3. The zero-order valence-corrected chi connectivity index (χ0v) is 16.8. The van der Waals surface area contributed by atoms with E-state index in [1.54, 1.807) is 18.2 Å². The number of amides is 1. The van der Waals surface area contributed by atoms with E-state index in [2.05, 4.69) is 32.4 Å². The van der Waals surface area contributed by atoms with Crippen LogP contribution in [0.15, 0.2) is 74.7 Å². The number of carbonyl (C=O) groups is 1. The summed E-state index contributed by atoms with van der Waals surface area (Å²) in [5.41, 5.74) is 3.92. The molecular weight excluding hydrogens is 432 g/mol. The van der Waals surface area contributed by atoms with Gasteiger partial charge in [0, 0.05) is 5.39 Å². The Morgan fingerprint density at radius 2 is 2.03 bits per heavy atom. The van der Waals surface area contributed by atoms with Crippen molar-refractivity contribution >= 4 is 49.8 Å². The third kappa shape index (κ3) is 4.00. The van der Waals surface area contributed by atoms with Gasteiger partial charge in [-0.25, -0.2) is 5.43 Å². The van der Waals surface area contributed by atoms with Crippen molar-refractivity contribution in [3.05, 3.63) is 76.5 Å². The third-order valence-electron chi connectivity index (χ3n) is 4.30. The van der Waals surface area contributed by atoms with Gasteiger partial charge >= 0.3 is 5.91 Å². The third-order valence-corrected chi connectivity index (χ3v) is 4.92. The van der Waals surface area contributed by atoms with Crippen LogP contribution in [0, 0.1) is 12.3 Å². The smallest absolute Gasteiger partial charge is 0.307 e. The quantitative estimate of drug-likeness (QED) is 0.262. The first-order valence-electron chi connectivity index (χ1n) is 8.76. The van der Waals surface area contributed by atoms with Crippen molar-refractivity contribution in [2.45, 2.75) is 0 Å². The Labute approximate surface area is 175 Å². The molecule has 3 aromatic carbocycles. The van der Waals surface area contributed by atoms with Crippen molar-refractivity contribution in [3.8, 4) is 18.1 Å². The summed E-state index contributed by atoms with van der Waals surface area (Å²) in [5, 5.41) is 7.02. The van der Waals surface area contributed by atoms with Crippen LogP contribution in [0.2, 0.25) is 0 Å². The van der Waals surface area contributed by atoms with Crippen LogP contribution in [-0.2, 0) is 0 Å². The Morgan fingerprint density at radius 3 is 2.86 bits per heavy atom. The number of terminal acetylenes is 1. The first kappa shape index (κ1) is 18.8. The molecule has 0 fully saturated rings. The molecule has 0 aliphatic carbocycles. The molecule has 4 rings (SSSR count). The average Bonchev–Trinajstić information content (AvgIpc) is 3.18. The van der Waals surface area contributed by atoms with Crippen molar-refractivity contribution in [1.82, 2.24) is 5.43 Å². The van der Waals surface area contributed by atoms with E-state index in [0.717, 1.165) is 26.2 Å². The summed E-state index contributed by atoms with van der Waals surface area (Å²) in [5.74, 6) is 2.83. The number of furan rings is 1. The monoisotopic (exact) mass is 446 g/mol. The van der Waals surface area contributed by atoms with Gasteiger partial charge in [-0.3, -0.25) is 4.79 Å². The number of rotatable bonds is 5. The Kier molecular flexibility index (Phi) is 5.32. The molecule has 0 saturated carbocycles. The van der Waals surface area contributed by atoms with Gasteiger partial charge in [-0.15, -0.1) is 6.42 Å². The first-order chi connectivity index (χ1) is 14.2. The topological polar surface area (TPSA) is 63.8 Å². The number of carbonyl (C=O) groups excluding carboxylic acids is 1. The number of benzene rings is 3. The number of halogens is 1. The maximum atomic E-state index is 12.4. The molecule has 0 radical (unpaired) electrons. The molecule has 0 bridgehead atoms. The van der Waals surface area contributed by atoms with Crippen LogP contribution in [0.5, 0.6) is 5.75 Å². The molecule has 1 aromatic heterocycles. The Morgan fingerprint density at radius 1 is 1.17 bits per heavy atom. The van der Waals surface area contributed by atoms with Gasteiger partial charge < -0.3 is 9.15 Å². The largest absolute Gasteiger partial charge is 0.480 e. The lowest BCUT2D eigenvalue weighted by atomic mass is 10.1. The predicted molar refractivity (Wildman–Crippen MR) is 117 cm³/mol. The van der Waals surface area contributed by atoms with Gasteiger partial charge in [-0.05, 0) is 62.6 Å². The van der Waals surface area contributed by atoms with E-state index in [0.29, 0.717) is 11.3 Å². The van der Waals surface area contributed by atoms with Crippen LogP contribution < -0.4 is 10.2 Å². The van der Waals surface area contributed by atoms with E-state index in [1.165, 1.54) is 6.21 Å². The standard InChI is InChI=1S/C23H15BrN2O3/c1-2-11-28-21-9-7-15(12-19(21)24)14-25-26-23(27)22-13-18-17-6-4-3-5-16(17)8-10-20(18)29-22/h1,3-10,12-14H,11H2,(H,26,27)/b25-14+. The van der Waals surface area contributed by atoms with Crippen LogP contribution in [0.4, 0.5) is 0 Å². The minimum absolute atomic E-state index is 0.189. The number of nitrogens with one attached hydrogen (secondary N) is 1. The summed E-state index contributed by atoms with van der Waals surface area (Å²) in [4.78, 5) is 12.4. The van der Waals surface area contributed by atoms with Crippen LogP contribution in [0.25, 0.3) is 21.7 Å². The van der Waals surface area contributed by atoms with Crippen LogP contribution in [-0.4, -0.2) is 18.7 Å². The SMILES string of the molecule is C#CCOc1ccc(/C=N/NC(=O)c2cc3c(ccc4ccccc43)o2)cc1Br. The lowest BCUT2D eigenvalue weighted by Gasteiger charge is -2.05. The molecule has 0 atom stereocenters. The molecule has 0 aliphatic heterocycles. The summed E-state index contributed by atoms with van der Waals surface area (Å²) < 4.78 is 11.8.